The van der Waals surface area contributed by atoms with Gasteiger partial charge in [-0.25, -0.2) is 0 Å². The number of carbonyl (C=O) groups excluding carboxylic acids is 1. The van der Waals surface area contributed by atoms with Crippen LogP contribution in [0.5, 0.6) is 0 Å². The lowest BCUT2D eigenvalue weighted by atomic mass is 9.68. The fourth-order valence-electron chi connectivity index (χ4n) is 4.57. The van der Waals surface area contributed by atoms with Crippen LogP contribution in [0.15, 0.2) is 54.6 Å². The maximum atomic E-state index is 12.6. The number of benzene rings is 2. The van der Waals surface area contributed by atoms with Gasteiger partial charge in [-0.1, -0.05) is 56.3 Å². The molecule has 0 N–H and O–H groups in total. The van der Waals surface area contributed by atoms with E-state index in [2.05, 4.69) is 43.9 Å². The van der Waals surface area contributed by atoms with Crippen molar-refractivity contribution < 1.29 is 4.79 Å². The highest BCUT2D eigenvalue weighted by atomic mass is 16.2. The summed E-state index contributed by atoms with van der Waals surface area (Å²) in [7, 11) is 0. The summed E-state index contributed by atoms with van der Waals surface area (Å²) in [4.78, 5) is 17.0. The van der Waals surface area contributed by atoms with Gasteiger partial charge in [-0.3, -0.25) is 9.69 Å². The van der Waals surface area contributed by atoms with Crippen LogP contribution in [0.4, 0.5) is 0 Å². The van der Waals surface area contributed by atoms with Gasteiger partial charge in [-0.15, -0.1) is 0 Å². The van der Waals surface area contributed by atoms with E-state index >= 15 is 0 Å². The molecular formula is C26H33N3O. The van der Waals surface area contributed by atoms with Crippen molar-refractivity contribution in [1.82, 2.24) is 9.80 Å². The lowest BCUT2D eigenvalue weighted by molar-refractivity contribution is 0.0633. The third-order valence-electron chi connectivity index (χ3n) is 6.54. The Hall–Kier alpha value is -2.64. The van der Waals surface area contributed by atoms with E-state index in [1.54, 1.807) is 0 Å². The van der Waals surface area contributed by atoms with Crippen LogP contribution in [0, 0.1) is 24.2 Å². The minimum absolute atomic E-state index is 0.123. The third kappa shape index (κ3) is 4.74. The maximum absolute atomic E-state index is 12.6. The van der Waals surface area contributed by atoms with Crippen molar-refractivity contribution in [3.8, 4) is 6.07 Å². The number of hydrogen-bond acceptors (Lipinski definition) is 3. The lowest BCUT2D eigenvalue weighted by Gasteiger charge is -2.36. The van der Waals surface area contributed by atoms with Gasteiger partial charge in [-0.05, 0) is 55.5 Å². The second kappa shape index (κ2) is 9.91. The molecule has 1 amide bonds. The highest BCUT2D eigenvalue weighted by molar-refractivity contribution is 5.94. The Morgan fingerprint density at radius 2 is 1.67 bits per heavy atom. The number of amides is 1. The second-order valence-electron chi connectivity index (χ2n) is 8.66. The topological polar surface area (TPSA) is 47.3 Å². The molecule has 30 heavy (non-hydrogen) atoms. The first-order valence-corrected chi connectivity index (χ1v) is 11.0. The summed E-state index contributed by atoms with van der Waals surface area (Å²) < 4.78 is 0. The summed E-state index contributed by atoms with van der Waals surface area (Å²) in [6.45, 7) is 10.7. The number of carbonyl (C=O) groups is 1. The van der Waals surface area contributed by atoms with Crippen LogP contribution in [0.2, 0.25) is 0 Å². The number of hydrogen-bond donors (Lipinski definition) is 0. The number of aryl methyl sites for hydroxylation is 1. The van der Waals surface area contributed by atoms with Gasteiger partial charge in [0.2, 0.25) is 0 Å². The monoisotopic (exact) mass is 403 g/mol. The number of rotatable bonds is 7. The Labute approximate surface area is 181 Å². The molecule has 1 unspecified atom stereocenters. The largest absolute Gasteiger partial charge is 0.336 e. The molecule has 158 valence electrons. The zero-order valence-corrected chi connectivity index (χ0v) is 18.5. The fraction of sp³-hybridized carbons (Fsp3) is 0.462. The summed E-state index contributed by atoms with van der Waals surface area (Å²) in [6, 6.07) is 20.5. The van der Waals surface area contributed by atoms with Gasteiger partial charge < -0.3 is 4.90 Å². The SMILES string of the molecule is Cc1ccccc1C(C#N)(CCCN1CCN(C(=O)c2ccccc2)CC1)C(C)C. The molecule has 4 heteroatoms. The predicted octanol–water partition coefficient (Wildman–Crippen LogP) is 4.65. The van der Waals surface area contributed by atoms with Crippen LogP contribution in [-0.2, 0) is 5.41 Å². The number of piperazine rings is 1. The van der Waals surface area contributed by atoms with Gasteiger partial charge in [0.25, 0.3) is 5.91 Å². The third-order valence-corrected chi connectivity index (χ3v) is 6.54. The van der Waals surface area contributed by atoms with E-state index in [9.17, 15) is 10.1 Å². The molecular weight excluding hydrogens is 370 g/mol. The van der Waals surface area contributed by atoms with Crippen molar-refractivity contribution in [3.05, 3.63) is 71.3 Å². The van der Waals surface area contributed by atoms with Gasteiger partial charge in [0.05, 0.1) is 11.5 Å². The molecule has 0 saturated carbocycles. The molecule has 4 nitrogen and oxygen atoms in total. The van der Waals surface area contributed by atoms with Gasteiger partial charge >= 0.3 is 0 Å². The number of nitriles is 1. The van der Waals surface area contributed by atoms with Crippen molar-refractivity contribution in [2.24, 2.45) is 5.92 Å². The highest BCUT2D eigenvalue weighted by Gasteiger charge is 2.36. The van der Waals surface area contributed by atoms with E-state index in [0.29, 0.717) is 0 Å². The van der Waals surface area contributed by atoms with Crippen molar-refractivity contribution in [2.45, 2.75) is 39.0 Å². The summed E-state index contributed by atoms with van der Waals surface area (Å²) in [5.41, 5.74) is 2.68. The predicted molar refractivity (Wildman–Crippen MR) is 121 cm³/mol. The summed E-state index contributed by atoms with van der Waals surface area (Å²) in [5, 5.41) is 10.2. The molecule has 0 radical (unpaired) electrons. The Morgan fingerprint density at radius 3 is 2.27 bits per heavy atom. The molecule has 1 fully saturated rings. The Bertz CT molecular complexity index is 879. The Kier molecular flexibility index (Phi) is 7.29. The molecule has 2 aromatic carbocycles. The first-order chi connectivity index (χ1) is 14.5. The molecule has 2 aromatic rings. The van der Waals surface area contributed by atoms with Gasteiger partial charge in [0.15, 0.2) is 0 Å². The molecule has 1 atom stereocenters. The number of nitrogens with zero attached hydrogens (tertiary/aromatic N) is 3. The molecule has 1 heterocycles. The van der Waals surface area contributed by atoms with Gasteiger partial charge in [-0.2, -0.15) is 5.26 Å². The van der Waals surface area contributed by atoms with Crippen LogP contribution in [-0.4, -0.2) is 48.4 Å². The van der Waals surface area contributed by atoms with E-state index in [0.717, 1.165) is 51.1 Å². The van der Waals surface area contributed by atoms with Crippen LogP contribution >= 0.6 is 0 Å². The van der Waals surface area contributed by atoms with E-state index in [1.807, 2.05) is 47.4 Å². The molecule has 1 aliphatic rings. The molecule has 0 spiro atoms. The summed E-state index contributed by atoms with van der Waals surface area (Å²) in [5.74, 6) is 0.377. The average molecular weight is 404 g/mol. The molecule has 1 aliphatic heterocycles. The Balaban J connectivity index is 1.55. The van der Waals surface area contributed by atoms with Gasteiger partial charge in [0.1, 0.15) is 0 Å². The summed E-state index contributed by atoms with van der Waals surface area (Å²) in [6.07, 6.45) is 1.84. The molecule has 1 saturated heterocycles. The van der Waals surface area contributed by atoms with E-state index in [-0.39, 0.29) is 11.8 Å². The average Bonchev–Trinajstić information content (AvgIpc) is 2.78. The van der Waals surface area contributed by atoms with E-state index < -0.39 is 5.41 Å². The first-order valence-electron chi connectivity index (χ1n) is 11.0. The molecule has 0 bridgehead atoms. The fourth-order valence-corrected chi connectivity index (χ4v) is 4.57. The highest BCUT2D eigenvalue weighted by Crippen LogP contribution is 2.38. The lowest BCUT2D eigenvalue weighted by Crippen LogP contribution is -2.49. The smallest absolute Gasteiger partial charge is 0.253 e. The zero-order valence-electron chi connectivity index (χ0n) is 18.5. The maximum Gasteiger partial charge on any atom is 0.253 e. The van der Waals surface area contributed by atoms with E-state index in [1.165, 1.54) is 11.1 Å². The van der Waals surface area contributed by atoms with Crippen LogP contribution in [0.25, 0.3) is 0 Å². The van der Waals surface area contributed by atoms with Crippen LogP contribution in [0.3, 0.4) is 0 Å². The summed E-state index contributed by atoms with van der Waals surface area (Å²) >= 11 is 0. The van der Waals surface area contributed by atoms with Crippen LogP contribution < -0.4 is 0 Å². The van der Waals surface area contributed by atoms with Crippen molar-refractivity contribution in [1.29, 1.82) is 5.26 Å². The normalized spacial score (nSPS) is 16.8. The molecule has 0 aromatic heterocycles. The van der Waals surface area contributed by atoms with Crippen molar-refractivity contribution >= 4 is 5.91 Å². The first kappa shape index (κ1) is 22.1. The zero-order chi connectivity index (χ0) is 21.6. The van der Waals surface area contributed by atoms with Crippen molar-refractivity contribution in [2.75, 3.05) is 32.7 Å². The quantitative estimate of drug-likeness (QED) is 0.676. The minimum atomic E-state index is -0.448. The Morgan fingerprint density at radius 1 is 1.03 bits per heavy atom. The minimum Gasteiger partial charge on any atom is -0.336 e. The van der Waals surface area contributed by atoms with Crippen LogP contribution in [0.1, 0.15) is 48.2 Å². The second-order valence-corrected chi connectivity index (χ2v) is 8.66. The molecule has 3 rings (SSSR count). The van der Waals surface area contributed by atoms with E-state index in [4.69, 9.17) is 0 Å². The van der Waals surface area contributed by atoms with Gasteiger partial charge in [0, 0.05) is 31.7 Å². The van der Waals surface area contributed by atoms with Crippen molar-refractivity contribution in [3.63, 3.8) is 0 Å². The molecule has 0 aliphatic carbocycles. The standard InChI is InChI=1S/C26H33N3O/c1-21(2)26(20-27,24-13-8-7-10-22(24)3)14-9-15-28-16-18-29(19-17-28)25(30)23-11-5-4-6-12-23/h4-8,10-13,21H,9,14-19H2,1-3H3.